The van der Waals surface area contributed by atoms with Gasteiger partial charge in [-0.3, -0.25) is 10.2 Å². The van der Waals surface area contributed by atoms with E-state index in [0.29, 0.717) is 0 Å². The quantitative estimate of drug-likeness (QED) is 0.443. The number of hydrogen-bond donors (Lipinski definition) is 2. The minimum Gasteiger partial charge on any atom is -0.290 e. The average Bonchev–Trinajstić information content (AvgIpc) is 2.12. The van der Waals surface area contributed by atoms with Crippen molar-refractivity contribution in [1.29, 1.82) is 5.26 Å². The van der Waals surface area contributed by atoms with Crippen LogP contribution in [0.4, 0.5) is 0 Å². The maximum Gasteiger partial charge on any atom is 0.253 e. The van der Waals surface area contributed by atoms with Gasteiger partial charge >= 0.3 is 0 Å². The summed E-state index contributed by atoms with van der Waals surface area (Å²) >= 11 is 0. The number of amides is 1. The van der Waals surface area contributed by atoms with E-state index in [2.05, 4.69) is 10.9 Å². The normalized spacial score (nSPS) is 33.6. The van der Waals surface area contributed by atoms with Gasteiger partial charge in [-0.1, -0.05) is 0 Å². The maximum atomic E-state index is 10.6. The van der Waals surface area contributed by atoms with Gasteiger partial charge in [-0.2, -0.15) is 5.26 Å². The van der Waals surface area contributed by atoms with Gasteiger partial charge in [0.25, 0.3) is 5.91 Å². The summed E-state index contributed by atoms with van der Waals surface area (Å²) < 4.78 is 0. The van der Waals surface area contributed by atoms with Gasteiger partial charge in [0.2, 0.25) is 0 Å². The molecule has 1 aliphatic rings. The lowest BCUT2D eigenvalue weighted by molar-refractivity contribution is -0.121. The Morgan fingerprint density at radius 2 is 2.44 bits per heavy atom. The molecule has 9 heavy (non-hydrogen) atoms. The maximum absolute atomic E-state index is 10.6. The van der Waals surface area contributed by atoms with Gasteiger partial charge < -0.3 is 0 Å². The first-order chi connectivity index (χ1) is 4.25. The number of nitriles is 1. The Morgan fingerprint density at radius 3 is 2.67 bits per heavy atom. The number of nitrogens with zero attached hydrogens (tertiary/aromatic N) is 1. The van der Waals surface area contributed by atoms with E-state index >= 15 is 0 Å². The fourth-order valence-corrected chi connectivity index (χ4v) is 0.744. The van der Waals surface area contributed by atoms with Crippen molar-refractivity contribution < 1.29 is 4.79 Å². The molecule has 4 heteroatoms. The lowest BCUT2D eigenvalue weighted by atomic mass is 10.1. The van der Waals surface area contributed by atoms with Crippen LogP contribution in [0.25, 0.3) is 0 Å². The van der Waals surface area contributed by atoms with Crippen LogP contribution in [-0.4, -0.2) is 11.9 Å². The first kappa shape index (κ1) is 6.05. The fourth-order valence-electron chi connectivity index (χ4n) is 0.744. The zero-order valence-corrected chi connectivity index (χ0v) is 5.01. The molecule has 0 aromatic heterocycles. The summed E-state index contributed by atoms with van der Waals surface area (Å²) in [6.45, 7) is 1.78. The molecule has 1 rings (SSSR count). The van der Waals surface area contributed by atoms with Gasteiger partial charge in [0.1, 0.15) is 5.92 Å². The number of nitrogens with one attached hydrogen (secondary N) is 2. The van der Waals surface area contributed by atoms with Gasteiger partial charge in [-0.15, -0.1) is 0 Å². The Balaban J connectivity index is 2.69. The molecule has 2 atom stereocenters. The first-order valence-electron chi connectivity index (χ1n) is 2.70. The predicted octanol–water partition coefficient (Wildman–Crippen LogP) is -0.851. The van der Waals surface area contributed by atoms with E-state index in [4.69, 9.17) is 5.26 Å². The lowest BCUT2D eigenvalue weighted by Crippen LogP contribution is -2.29. The molecule has 1 saturated heterocycles. The summed E-state index contributed by atoms with van der Waals surface area (Å²) in [6, 6.07) is 1.82. The van der Waals surface area contributed by atoms with Gasteiger partial charge in [-0.25, -0.2) is 5.43 Å². The Morgan fingerprint density at radius 1 is 1.78 bits per heavy atom. The Hall–Kier alpha value is -1.08. The number of rotatable bonds is 0. The molecule has 1 amide bonds. The van der Waals surface area contributed by atoms with Crippen LogP contribution < -0.4 is 10.9 Å². The largest absolute Gasteiger partial charge is 0.290 e. The predicted molar refractivity (Wildman–Crippen MR) is 29.8 cm³/mol. The molecule has 48 valence electrons. The van der Waals surface area contributed by atoms with Crippen LogP contribution in [0.2, 0.25) is 0 Å². The Bertz CT molecular complexity index is 172. The molecule has 4 nitrogen and oxygen atoms in total. The zero-order chi connectivity index (χ0) is 6.85. The second-order valence-electron chi connectivity index (χ2n) is 2.03. The fraction of sp³-hybridized carbons (Fsp3) is 0.600. The molecule has 0 aromatic rings. The van der Waals surface area contributed by atoms with Crippen molar-refractivity contribution >= 4 is 5.91 Å². The van der Waals surface area contributed by atoms with Crippen molar-refractivity contribution in [2.24, 2.45) is 5.92 Å². The van der Waals surface area contributed by atoms with Crippen LogP contribution in [0, 0.1) is 17.2 Å². The number of hydrazine groups is 1. The molecule has 2 unspecified atom stereocenters. The van der Waals surface area contributed by atoms with E-state index in [1.54, 1.807) is 6.92 Å². The Labute approximate surface area is 52.8 Å². The Kier molecular flexibility index (Phi) is 1.37. The molecule has 0 spiro atoms. The molecule has 1 fully saturated rings. The van der Waals surface area contributed by atoms with Crippen LogP contribution in [0.15, 0.2) is 0 Å². The first-order valence-corrected chi connectivity index (χ1v) is 2.70. The highest BCUT2D eigenvalue weighted by molar-refractivity contribution is 5.83. The van der Waals surface area contributed by atoms with E-state index in [1.807, 2.05) is 6.07 Å². The summed E-state index contributed by atoms with van der Waals surface area (Å²) in [6.07, 6.45) is 0. The van der Waals surface area contributed by atoms with Crippen LogP contribution in [0.3, 0.4) is 0 Å². The van der Waals surface area contributed by atoms with Crippen LogP contribution >= 0.6 is 0 Å². The summed E-state index contributed by atoms with van der Waals surface area (Å²) in [7, 11) is 0. The summed E-state index contributed by atoms with van der Waals surface area (Å²) in [5, 5.41) is 8.36. The molecule has 0 saturated carbocycles. The smallest absolute Gasteiger partial charge is 0.253 e. The van der Waals surface area contributed by atoms with Crippen LogP contribution in [0.1, 0.15) is 6.92 Å². The molecule has 0 radical (unpaired) electrons. The van der Waals surface area contributed by atoms with Gasteiger partial charge in [0.05, 0.1) is 6.07 Å². The van der Waals surface area contributed by atoms with E-state index in [9.17, 15) is 4.79 Å². The highest BCUT2D eigenvalue weighted by Gasteiger charge is 2.30. The monoisotopic (exact) mass is 125 g/mol. The van der Waals surface area contributed by atoms with E-state index < -0.39 is 5.92 Å². The van der Waals surface area contributed by atoms with E-state index in [-0.39, 0.29) is 11.9 Å². The third-order valence-corrected chi connectivity index (χ3v) is 1.34. The molecule has 0 bridgehead atoms. The van der Waals surface area contributed by atoms with Gasteiger partial charge in [0.15, 0.2) is 0 Å². The molecular weight excluding hydrogens is 118 g/mol. The third kappa shape index (κ3) is 0.864. The third-order valence-electron chi connectivity index (χ3n) is 1.34. The summed E-state index contributed by atoms with van der Waals surface area (Å²) in [5.41, 5.74) is 5.01. The second-order valence-corrected chi connectivity index (χ2v) is 2.03. The van der Waals surface area contributed by atoms with Crippen molar-refractivity contribution in [3.05, 3.63) is 0 Å². The van der Waals surface area contributed by atoms with Crippen molar-refractivity contribution in [2.45, 2.75) is 13.0 Å². The van der Waals surface area contributed by atoms with Crippen molar-refractivity contribution in [3.63, 3.8) is 0 Å². The molecule has 0 aliphatic carbocycles. The minimum absolute atomic E-state index is 0.0671. The molecule has 1 heterocycles. The summed E-state index contributed by atoms with van der Waals surface area (Å²) in [5.74, 6) is -0.755. The molecular formula is C5H7N3O. The van der Waals surface area contributed by atoms with Crippen LogP contribution in [0.5, 0.6) is 0 Å². The average molecular weight is 125 g/mol. The molecule has 2 N–H and O–H groups in total. The highest BCUT2D eigenvalue weighted by Crippen LogP contribution is 2.05. The topological polar surface area (TPSA) is 64.9 Å². The SMILES string of the molecule is CC1NNC(=O)C1C#N. The highest BCUT2D eigenvalue weighted by atomic mass is 16.2. The van der Waals surface area contributed by atoms with Crippen molar-refractivity contribution in [1.82, 2.24) is 10.9 Å². The zero-order valence-electron chi connectivity index (χ0n) is 5.01. The van der Waals surface area contributed by atoms with Crippen molar-refractivity contribution in [2.75, 3.05) is 0 Å². The second kappa shape index (κ2) is 2.03. The van der Waals surface area contributed by atoms with Gasteiger partial charge in [-0.05, 0) is 6.92 Å². The molecule has 0 aromatic carbocycles. The number of carbonyl (C=O) groups is 1. The summed E-state index contributed by atoms with van der Waals surface area (Å²) in [4.78, 5) is 10.6. The van der Waals surface area contributed by atoms with E-state index in [0.717, 1.165) is 0 Å². The standard InChI is InChI=1S/C5H7N3O/c1-3-4(2-6)5(9)8-7-3/h3-4,7H,1H3,(H,8,9). The molecule has 1 aliphatic heterocycles. The number of hydrogen-bond acceptors (Lipinski definition) is 3. The van der Waals surface area contributed by atoms with Crippen LogP contribution in [-0.2, 0) is 4.79 Å². The minimum atomic E-state index is -0.523. The van der Waals surface area contributed by atoms with E-state index in [1.165, 1.54) is 0 Å². The lowest BCUT2D eigenvalue weighted by Gasteiger charge is -1.98. The van der Waals surface area contributed by atoms with Crippen molar-refractivity contribution in [3.8, 4) is 6.07 Å². The number of carbonyl (C=O) groups excluding carboxylic acids is 1. The van der Waals surface area contributed by atoms with Gasteiger partial charge in [0, 0.05) is 6.04 Å².